The zero-order valence-electron chi connectivity index (χ0n) is 16.5. The summed E-state index contributed by atoms with van der Waals surface area (Å²) in [6.07, 6.45) is 0.955. The van der Waals surface area contributed by atoms with Crippen molar-refractivity contribution in [3.05, 3.63) is 95.8 Å². The third kappa shape index (κ3) is 4.09. The molecule has 0 saturated carbocycles. The Hall–Kier alpha value is -3.73. The van der Waals surface area contributed by atoms with E-state index >= 15 is 0 Å². The van der Waals surface area contributed by atoms with E-state index in [2.05, 4.69) is 22.3 Å². The molecule has 0 spiro atoms. The molecule has 4 rings (SSSR count). The predicted molar refractivity (Wildman–Crippen MR) is 115 cm³/mol. The van der Waals surface area contributed by atoms with Crippen LogP contribution in [-0.2, 0) is 6.42 Å². The summed E-state index contributed by atoms with van der Waals surface area (Å²) in [5.74, 6) is 0.422. The molecule has 1 aromatic heterocycles. The summed E-state index contributed by atoms with van der Waals surface area (Å²) < 4.78 is 1.72. The standard InChI is InChI=1S/C24H22N4O/c1-3-18-12-14-20(15-13-18)25-24(29)22-26-23(19-9-5-4-6-10-19)28(27-22)21-11-7-8-17(2)16-21/h4-16H,3H2,1-2H3,(H,25,29). The molecular formula is C24H22N4O. The van der Waals surface area contributed by atoms with Crippen molar-refractivity contribution in [2.24, 2.45) is 0 Å². The molecule has 0 saturated heterocycles. The highest BCUT2D eigenvalue weighted by atomic mass is 16.2. The van der Waals surface area contributed by atoms with Crippen LogP contribution in [0.3, 0.4) is 0 Å². The van der Waals surface area contributed by atoms with Gasteiger partial charge in [0.15, 0.2) is 5.82 Å². The van der Waals surface area contributed by atoms with E-state index in [1.807, 2.05) is 85.8 Å². The summed E-state index contributed by atoms with van der Waals surface area (Å²) in [6.45, 7) is 4.12. The maximum atomic E-state index is 12.8. The predicted octanol–water partition coefficient (Wildman–Crippen LogP) is 5.06. The molecule has 4 aromatic rings. The smallest absolute Gasteiger partial charge is 0.295 e. The fourth-order valence-corrected chi connectivity index (χ4v) is 3.13. The monoisotopic (exact) mass is 382 g/mol. The lowest BCUT2D eigenvalue weighted by Crippen LogP contribution is -2.14. The largest absolute Gasteiger partial charge is 0.319 e. The summed E-state index contributed by atoms with van der Waals surface area (Å²) in [5.41, 5.74) is 4.81. The van der Waals surface area contributed by atoms with Crippen LogP contribution in [-0.4, -0.2) is 20.7 Å². The molecule has 1 amide bonds. The lowest BCUT2D eigenvalue weighted by atomic mass is 10.1. The third-order valence-electron chi connectivity index (χ3n) is 4.71. The number of hydrogen-bond acceptors (Lipinski definition) is 3. The SMILES string of the molecule is CCc1ccc(NC(=O)c2nc(-c3ccccc3)n(-c3cccc(C)c3)n2)cc1. The van der Waals surface area contributed by atoms with Gasteiger partial charge in [0.1, 0.15) is 0 Å². The van der Waals surface area contributed by atoms with Crippen LogP contribution in [0.4, 0.5) is 5.69 Å². The second-order valence-electron chi connectivity index (χ2n) is 6.88. The fourth-order valence-electron chi connectivity index (χ4n) is 3.13. The maximum Gasteiger partial charge on any atom is 0.295 e. The molecule has 0 unspecified atom stereocenters. The van der Waals surface area contributed by atoms with Gasteiger partial charge in [0, 0.05) is 11.3 Å². The first-order valence-corrected chi connectivity index (χ1v) is 9.64. The molecule has 0 aliphatic rings. The van der Waals surface area contributed by atoms with E-state index in [9.17, 15) is 4.79 Å². The molecule has 29 heavy (non-hydrogen) atoms. The van der Waals surface area contributed by atoms with Gasteiger partial charge in [0.25, 0.3) is 5.91 Å². The molecule has 0 aliphatic heterocycles. The van der Waals surface area contributed by atoms with Crippen molar-refractivity contribution in [3.63, 3.8) is 0 Å². The Morgan fingerprint density at radius 2 is 1.72 bits per heavy atom. The zero-order chi connectivity index (χ0) is 20.2. The summed E-state index contributed by atoms with van der Waals surface area (Å²) in [4.78, 5) is 17.4. The molecule has 0 atom stereocenters. The average molecular weight is 382 g/mol. The Kier molecular flexibility index (Phi) is 5.20. The van der Waals surface area contributed by atoms with Gasteiger partial charge in [-0.1, -0.05) is 61.5 Å². The van der Waals surface area contributed by atoms with Crippen LogP contribution >= 0.6 is 0 Å². The lowest BCUT2D eigenvalue weighted by molar-refractivity contribution is 0.101. The van der Waals surface area contributed by atoms with Crippen molar-refractivity contribution >= 4 is 11.6 Å². The van der Waals surface area contributed by atoms with Gasteiger partial charge < -0.3 is 5.32 Å². The normalized spacial score (nSPS) is 10.7. The van der Waals surface area contributed by atoms with Crippen molar-refractivity contribution in [2.45, 2.75) is 20.3 Å². The van der Waals surface area contributed by atoms with E-state index in [1.54, 1.807) is 4.68 Å². The number of aryl methyl sites for hydroxylation is 2. The molecule has 5 heteroatoms. The Balaban J connectivity index is 1.71. The van der Waals surface area contributed by atoms with Gasteiger partial charge in [-0.25, -0.2) is 9.67 Å². The van der Waals surface area contributed by atoms with Gasteiger partial charge in [0.2, 0.25) is 5.82 Å². The van der Waals surface area contributed by atoms with Gasteiger partial charge in [-0.05, 0) is 48.7 Å². The molecule has 144 valence electrons. The van der Waals surface area contributed by atoms with Crippen LogP contribution in [0.2, 0.25) is 0 Å². The summed E-state index contributed by atoms with van der Waals surface area (Å²) >= 11 is 0. The van der Waals surface area contributed by atoms with Crippen LogP contribution in [0.1, 0.15) is 28.7 Å². The second kappa shape index (κ2) is 8.10. The minimum absolute atomic E-state index is 0.130. The number of rotatable bonds is 5. The fraction of sp³-hybridized carbons (Fsp3) is 0.125. The van der Waals surface area contributed by atoms with Gasteiger partial charge in [-0.2, -0.15) is 0 Å². The van der Waals surface area contributed by atoms with E-state index in [-0.39, 0.29) is 11.7 Å². The molecule has 3 aromatic carbocycles. The van der Waals surface area contributed by atoms with E-state index < -0.39 is 0 Å². The number of carbonyl (C=O) groups excluding carboxylic acids is 1. The lowest BCUT2D eigenvalue weighted by Gasteiger charge is -2.06. The van der Waals surface area contributed by atoms with E-state index in [4.69, 9.17) is 0 Å². The van der Waals surface area contributed by atoms with Crippen LogP contribution in [0.25, 0.3) is 17.1 Å². The highest BCUT2D eigenvalue weighted by molar-refractivity contribution is 6.01. The second-order valence-corrected chi connectivity index (χ2v) is 6.88. The topological polar surface area (TPSA) is 59.8 Å². The maximum absolute atomic E-state index is 12.8. The molecule has 0 bridgehead atoms. The first-order valence-electron chi connectivity index (χ1n) is 9.64. The average Bonchev–Trinajstić information content (AvgIpc) is 3.21. The molecular weight excluding hydrogens is 360 g/mol. The Labute approximate surface area is 170 Å². The Morgan fingerprint density at radius 3 is 2.41 bits per heavy atom. The highest BCUT2D eigenvalue weighted by Gasteiger charge is 2.19. The molecule has 1 N–H and O–H groups in total. The van der Waals surface area contributed by atoms with Gasteiger partial charge in [-0.15, -0.1) is 5.10 Å². The number of aromatic nitrogens is 3. The molecule has 0 radical (unpaired) electrons. The van der Waals surface area contributed by atoms with E-state index in [0.29, 0.717) is 5.82 Å². The first kappa shape index (κ1) is 18.6. The van der Waals surface area contributed by atoms with Crippen molar-refractivity contribution in [1.82, 2.24) is 14.8 Å². The number of anilines is 1. The number of carbonyl (C=O) groups is 1. The number of amides is 1. The number of benzene rings is 3. The van der Waals surface area contributed by atoms with Crippen LogP contribution in [0.5, 0.6) is 0 Å². The summed E-state index contributed by atoms with van der Waals surface area (Å²) in [5, 5.41) is 7.41. The van der Waals surface area contributed by atoms with E-state index in [1.165, 1.54) is 5.56 Å². The van der Waals surface area contributed by atoms with Crippen molar-refractivity contribution in [1.29, 1.82) is 0 Å². The zero-order valence-corrected chi connectivity index (χ0v) is 16.5. The number of hydrogen-bond donors (Lipinski definition) is 1. The van der Waals surface area contributed by atoms with Crippen LogP contribution in [0.15, 0.2) is 78.9 Å². The Bertz CT molecular complexity index is 1130. The summed E-state index contributed by atoms with van der Waals surface area (Å²) in [6, 6.07) is 25.5. The third-order valence-corrected chi connectivity index (χ3v) is 4.71. The number of nitrogens with one attached hydrogen (secondary N) is 1. The molecule has 5 nitrogen and oxygen atoms in total. The minimum atomic E-state index is -0.335. The highest BCUT2D eigenvalue weighted by Crippen LogP contribution is 2.22. The van der Waals surface area contributed by atoms with Crippen LogP contribution < -0.4 is 5.32 Å². The van der Waals surface area contributed by atoms with Crippen molar-refractivity contribution < 1.29 is 4.79 Å². The van der Waals surface area contributed by atoms with Gasteiger partial charge in [-0.3, -0.25) is 4.79 Å². The minimum Gasteiger partial charge on any atom is -0.319 e. The molecule has 0 fully saturated rings. The first-order chi connectivity index (χ1) is 14.1. The Morgan fingerprint density at radius 1 is 0.966 bits per heavy atom. The van der Waals surface area contributed by atoms with Crippen LogP contribution in [0, 0.1) is 6.92 Å². The van der Waals surface area contributed by atoms with E-state index in [0.717, 1.165) is 28.9 Å². The van der Waals surface area contributed by atoms with Gasteiger partial charge >= 0.3 is 0 Å². The number of nitrogens with zero attached hydrogens (tertiary/aromatic N) is 3. The van der Waals surface area contributed by atoms with Gasteiger partial charge in [0.05, 0.1) is 5.69 Å². The summed E-state index contributed by atoms with van der Waals surface area (Å²) in [7, 11) is 0. The van der Waals surface area contributed by atoms with Crippen molar-refractivity contribution in [3.8, 4) is 17.1 Å². The molecule has 0 aliphatic carbocycles. The molecule has 1 heterocycles. The quantitative estimate of drug-likeness (QED) is 0.525. The van der Waals surface area contributed by atoms with Crippen molar-refractivity contribution in [2.75, 3.05) is 5.32 Å².